The standard InChI is InChI=1S/C8H10FN/c1-2-3-7-4-8(9)6-10-5-7/h4-6H,2-3H2,1H3. The molecule has 10 heavy (non-hydrogen) atoms. The molecule has 1 rings (SSSR count). The van der Waals surface area contributed by atoms with Crippen molar-refractivity contribution in [3.05, 3.63) is 29.8 Å². The molecule has 0 bridgehead atoms. The maximum atomic E-state index is 12.4. The molecule has 0 aliphatic rings. The number of hydrogen-bond acceptors (Lipinski definition) is 1. The number of pyridine rings is 1. The molecule has 0 aromatic carbocycles. The first-order chi connectivity index (χ1) is 4.83. The van der Waals surface area contributed by atoms with E-state index >= 15 is 0 Å². The summed E-state index contributed by atoms with van der Waals surface area (Å²) in [5, 5.41) is 0. The summed E-state index contributed by atoms with van der Waals surface area (Å²) in [6, 6.07) is 1.52. The molecule has 0 spiro atoms. The van der Waals surface area contributed by atoms with Gasteiger partial charge in [-0.1, -0.05) is 13.3 Å². The minimum Gasteiger partial charge on any atom is -0.261 e. The average molecular weight is 139 g/mol. The van der Waals surface area contributed by atoms with Crippen molar-refractivity contribution in [1.82, 2.24) is 4.98 Å². The lowest BCUT2D eigenvalue weighted by Gasteiger charge is -1.95. The molecule has 1 aromatic rings. The fourth-order valence-electron chi connectivity index (χ4n) is 0.881. The normalized spacial score (nSPS) is 9.80. The van der Waals surface area contributed by atoms with E-state index in [1.165, 1.54) is 12.3 Å². The molecule has 0 fully saturated rings. The highest BCUT2D eigenvalue weighted by atomic mass is 19.1. The van der Waals surface area contributed by atoms with Crippen LogP contribution in [-0.2, 0) is 6.42 Å². The van der Waals surface area contributed by atoms with E-state index in [2.05, 4.69) is 11.9 Å². The highest BCUT2D eigenvalue weighted by molar-refractivity contribution is 5.09. The molecule has 0 amide bonds. The van der Waals surface area contributed by atoms with Crippen molar-refractivity contribution in [2.24, 2.45) is 0 Å². The van der Waals surface area contributed by atoms with Crippen LogP contribution in [0.1, 0.15) is 18.9 Å². The predicted molar refractivity (Wildman–Crippen MR) is 38.2 cm³/mol. The summed E-state index contributed by atoms with van der Waals surface area (Å²) in [5.74, 6) is -0.244. The second kappa shape index (κ2) is 3.30. The van der Waals surface area contributed by atoms with Crippen molar-refractivity contribution in [2.45, 2.75) is 19.8 Å². The first-order valence-electron chi connectivity index (χ1n) is 3.42. The second-order valence-electron chi connectivity index (χ2n) is 2.26. The van der Waals surface area contributed by atoms with Crippen molar-refractivity contribution in [2.75, 3.05) is 0 Å². The van der Waals surface area contributed by atoms with Crippen LogP contribution in [0.5, 0.6) is 0 Å². The molecule has 1 aromatic heterocycles. The maximum absolute atomic E-state index is 12.4. The van der Waals surface area contributed by atoms with E-state index in [1.54, 1.807) is 6.20 Å². The van der Waals surface area contributed by atoms with Gasteiger partial charge in [0.25, 0.3) is 0 Å². The Balaban J connectivity index is 2.75. The summed E-state index contributed by atoms with van der Waals surface area (Å²) in [7, 11) is 0. The molecule has 0 aliphatic carbocycles. The van der Waals surface area contributed by atoms with Gasteiger partial charge in [-0.05, 0) is 18.1 Å². The molecule has 54 valence electrons. The quantitative estimate of drug-likeness (QED) is 0.612. The zero-order valence-electron chi connectivity index (χ0n) is 5.97. The van der Waals surface area contributed by atoms with Gasteiger partial charge in [-0.15, -0.1) is 0 Å². The van der Waals surface area contributed by atoms with Gasteiger partial charge in [-0.2, -0.15) is 0 Å². The van der Waals surface area contributed by atoms with Crippen molar-refractivity contribution in [3.63, 3.8) is 0 Å². The Hall–Kier alpha value is -0.920. The molecule has 1 nitrogen and oxygen atoms in total. The van der Waals surface area contributed by atoms with Gasteiger partial charge in [0.1, 0.15) is 5.82 Å². The fourth-order valence-corrected chi connectivity index (χ4v) is 0.881. The van der Waals surface area contributed by atoms with Crippen LogP contribution >= 0.6 is 0 Å². The van der Waals surface area contributed by atoms with Gasteiger partial charge in [-0.3, -0.25) is 4.98 Å². The van der Waals surface area contributed by atoms with Gasteiger partial charge < -0.3 is 0 Å². The van der Waals surface area contributed by atoms with Crippen LogP contribution in [0.25, 0.3) is 0 Å². The molecule has 0 saturated carbocycles. The summed E-state index contributed by atoms with van der Waals surface area (Å²) in [6.07, 6.45) is 4.86. The van der Waals surface area contributed by atoms with Crippen molar-refractivity contribution in [1.29, 1.82) is 0 Å². The number of rotatable bonds is 2. The highest BCUT2D eigenvalue weighted by Gasteiger charge is 1.92. The molecule has 0 radical (unpaired) electrons. The van der Waals surface area contributed by atoms with Crippen molar-refractivity contribution < 1.29 is 4.39 Å². The highest BCUT2D eigenvalue weighted by Crippen LogP contribution is 2.02. The third-order valence-electron chi connectivity index (χ3n) is 1.30. The van der Waals surface area contributed by atoms with Crippen LogP contribution < -0.4 is 0 Å². The first kappa shape index (κ1) is 7.19. The van der Waals surface area contributed by atoms with Gasteiger partial charge in [0.15, 0.2) is 0 Å². The monoisotopic (exact) mass is 139 g/mol. The van der Waals surface area contributed by atoms with E-state index in [9.17, 15) is 4.39 Å². The number of halogens is 1. The zero-order valence-corrected chi connectivity index (χ0v) is 5.97. The Morgan fingerprint density at radius 3 is 2.90 bits per heavy atom. The molecule has 0 N–H and O–H groups in total. The number of aryl methyl sites for hydroxylation is 1. The number of nitrogens with zero attached hydrogens (tertiary/aromatic N) is 1. The molecule has 0 unspecified atom stereocenters. The topological polar surface area (TPSA) is 12.9 Å². The molecule has 1 heterocycles. The minimum atomic E-state index is -0.244. The Morgan fingerprint density at radius 2 is 2.30 bits per heavy atom. The first-order valence-corrected chi connectivity index (χ1v) is 3.42. The third kappa shape index (κ3) is 1.79. The summed E-state index contributed by atoms with van der Waals surface area (Å²) in [6.45, 7) is 2.06. The van der Waals surface area contributed by atoms with Crippen LogP contribution in [0.2, 0.25) is 0 Å². The molecule has 0 aliphatic heterocycles. The summed E-state index contributed by atoms with van der Waals surface area (Å²) in [4.78, 5) is 3.73. The zero-order chi connectivity index (χ0) is 7.40. The van der Waals surface area contributed by atoms with Crippen molar-refractivity contribution >= 4 is 0 Å². The van der Waals surface area contributed by atoms with E-state index in [4.69, 9.17) is 0 Å². The fraction of sp³-hybridized carbons (Fsp3) is 0.375. The molecular weight excluding hydrogens is 129 g/mol. The van der Waals surface area contributed by atoms with Gasteiger partial charge in [0.05, 0.1) is 6.20 Å². The summed E-state index contributed by atoms with van der Waals surface area (Å²) >= 11 is 0. The Morgan fingerprint density at radius 1 is 1.50 bits per heavy atom. The van der Waals surface area contributed by atoms with E-state index in [-0.39, 0.29) is 5.82 Å². The van der Waals surface area contributed by atoms with Gasteiger partial charge in [0.2, 0.25) is 0 Å². The SMILES string of the molecule is CCCc1cncc(F)c1. The Labute approximate surface area is 59.9 Å². The number of aromatic nitrogens is 1. The van der Waals surface area contributed by atoms with E-state index in [1.807, 2.05) is 0 Å². The maximum Gasteiger partial charge on any atom is 0.141 e. The average Bonchev–Trinajstić information content (AvgIpc) is 1.88. The lowest BCUT2D eigenvalue weighted by Crippen LogP contribution is -1.86. The third-order valence-corrected chi connectivity index (χ3v) is 1.30. The van der Waals surface area contributed by atoms with Gasteiger partial charge in [-0.25, -0.2) is 4.39 Å². The van der Waals surface area contributed by atoms with E-state index < -0.39 is 0 Å². The Bertz CT molecular complexity index is 210. The van der Waals surface area contributed by atoms with Gasteiger partial charge in [0, 0.05) is 6.20 Å². The Kier molecular flexibility index (Phi) is 2.37. The van der Waals surface area contributed by atoms with Gasteiger partial charge >= 0.3 is 0 Å². The number of hydrogen-bond donors (Lipinski definition) is 0. The van der Waals surface area contributed by atoms with E-state index in [0.29, 0.717) is 0 Å². The summed E-state index contributed by atoms with van der Waals surface area (Å²) < 4.78 is 12.4. The van der Waals surface area contributed by atoms with Crippen LogP contribution in [0, 0.1) is 5.82 Å². The van der Waals surface area contributed by atoms with Crippen LogP contribution in [0.3, 0.4) is 0 Å². The van der Waals surface area contributed by atoms with Crippen LogP contribution in [-0.4, -0.2) is 4.98 Å². The van der Waals surface area contributed by atoms with Crippen molar-refractivity contribution in [3.8, 4) is 0 Å². The smallest absolute Gasteiger partial charge is 0.141 e. The molecule has 2 heteroatoms. The summed E-state index contributed by atoms with van der Waals surface area (Å²) in [5.41, 5.74) is 0.975. The predicted octanol–water partition coefficient (Wildman–Crippen LogP) is 2.17. The molecular formula is C8H10FN. The molecule has 0 atom stereocenters. The minimum absolute atomic E-state index is 0.244. The van der Waals surface area contributed by atoms with Crippen LogP contribution in [0.4, 0.5) is 4.39 Å². The lowest BCUT2D eigenvalue weighted by atomic mass is 10.2. The second-order valence-corrected chi connectivity index (χ2v) is 2.26. The largest absolute Gasteiger partial charge is 0.261 e. The molecule has 0 saturated heterocycles. The van der Waals surface area contributed by atoms with Crippen LogP contribution in [0.15, 0.2) is 18.5 Å². The van der Waals surface area contributed by atoms with E-state index in [0.717, 1.165) is 18.4 Å². The lowest BCUT2D eigenvalue weighted by molar-refractivity contribution is 0.618.